The van der Waals surface area contributed by atoms with Crippen molar-refractivity contribution in [2.75, 3.05) is 13.1 Å². The molecule has 3 aromatic rings. The van der Waals surface area contributed by atoms with Crippen LogP contribution in [0, 0.1) is 0 Å². The van der Waals surface area contributed by atoms with E-state index >= 15 is 0 Å². The molecule has 1 N–H and O–H groups in total. The van der Waals surface area contributed by atoms with Crippen LogP contribution in [0.1, 0.15) is 29.8 Å². The van der Waals surface area contributed by atoms with Crippen molar-refractivity contribution in [1.29, 1.82) is 0 Å². The van der Waals surface area contributed by atoms with Crippen LogP contribution in [0.2, 0.25) is 0 Å². The van der Waals surface area contributed by atoms with E-state index in [1.807, 2.05) is 35.2 Å². The molecular weight excluding hydrogens is 288 g/mol. The summed E-state index contributed by atoms with van der Waals surface area (Å²) in [4.78, 5) is 26.4. The summed E-state index contributed by atoms with van der Waals surface area (Å²) >= 11 is 0. The normalized spacial score (nSPS) is 15.0. The summed E-state index contributed by atoms with van der Waals surface area (Å²) in [5.41, 5.74) is 4.24. The molecule has 0 spiro atoms. The third-order valence-electron chi connectivity index (χ3n) is 4.32. The summed E-state index contributed by atoms with van der Waals surface area (Å²) in [7, 11) is 0. The highest BCUT2D eigenvalue weighted by atomic mass is 16.2. The zero-order valence-electron chi connectivity index (χ0n) is 12.8. The second kappa shape index (κ2) is 5.83. The molecule has 0 bridgehead atoms. The SMILES string of the molecule is O=C(c1cc2nc(-c3ccncc3)ccc2[nH]1)N1CCCCC1. The summed E-state index contributed by atoms with van der Waals surface area (Å²) in [6.07, 6.45) is 6.91. The molecule has 0 unspecified atom stereocenters. The molecule has 1 saturated heterocycles. The molecule has 4 rings (SSSR count). The molecule has 5 nitrogen and oxygen atoms in total. The number of aromatic amines is 1. The minimum absolute atomic E-state index is 0.0770. The zero-order valence-corrected chi connectivity index (χ0v) is 12.8. The van der Waals surface area contributed by atoms with Gasteiger partial charge in [-0.3, -0.25) is 9.78 Å². The molecule has 1 amide bonds. The Labute approximate surface area is 134 Å². The molecule has 0 atom stereocenters. The number of piperidine rings is 1. The van der Waals surface area contributed by atoms with Gasteiger partial charge in [-0.05, 0) is 49.6 Å². The van der Waals surface area contributed by atoms with Crippen LogP contribution in [-0.2, 0) is 0 Å². The van der Waals surface area contributed by atoms with Crippen LogP contribution in [-0.4, -0.2) is 38.8 Å². The van der Waals surface area contributed by atoms with Crippen LogP contribution >= 0.6 is 0 Å². The maximum absolute atomic E-state index is 12.6. The molecule has 116 valence electrons. The third kappa shape index (κ3) is 2.70. The summed E-state index contributed by atoms with van der Waals surface area (Å²) in [5.74, 6) is 0.0770. The Morgan fingerprint density at radius 1 is 1.04 bits per heavy atom. The molecule has 0 radical (unpaired) electrons. The van der Waals surface area contributed by atoms with Crippen LogP contribution in [0.4, 0.5) is 0 Å². The average molecular weight is 306 g/mol. The van der Waals surface area contributed by atoms with Crippen LogP contribution in [0.5, 0.6) is 0 Å². The van der Waals surface area contributed by atoms with Crippen LogP contribution < -0.4 is 0 Å². The molecular formula is C18H18N4O. The lowest BCUT2D eigenvalue weighted by Crippen LogP contribution is -2.35. The van der Waals surface area contributed by atoms with Gasteiger partial charge in [-0.25, -0.2) is 4.98 Å². The van der Waals surface area contributed by atoms with E-state index in [2.05, 4.69) is 15.0 Å². The monoisotopic (exact) mass is 306 g/mol. The van der Waals surface area contributed by atoms with Gasteiger partial charge in [0.1, 0.15) is 5.69 Å². The van der Waals surface area contributed by atoms with Crippen LogP contribution in [0.25, 0.3) is 22.3 Å². The van der Waals surface area contributed by atoms with Crippen molar-refractivity contribution in [2.45, 2.75) is 19.3 Å². The fourth-order valence-corrected chi connectivity index (χ4v) is 3.07. The van der Waals surface area contributed by atoms with E-state index in [9.17, 15) is 4.79 Å². The summed E-state index contributed by atoms with van der Waals surface area (Å²) in [5, 5.41) is 0. The number of fused-ring (bicyclic) bond motifs is 1. The van der Waals surface area contributed by atoms with Crippen LogP contribution in [0.15, 0.2) is 42.7 Å². The Morgan fingerprint density at radius 3 is 2.61 bits per heavy atom. The second-order valence-corrected chi connectivity index (χ2v) is 5.90. The van der Waals surface area contributed by atoms with Crippen molar-refractivity contribution < 1.29 is 4.79 Å². The van der Waals surface area contributed by atoms with Gasteiger partial charge in [0.2, 0.25) is 0 Å². The Kier molecular flexibility index (Phi) is 3.54. The minimum atomic E-state index is 0.0770. The quantitative estimate of drug-likeness (QED) is 0.790. The lowest BCUT2D eigenvalue weighted by molar-refractivity contribution is 0.0719. The smallest absolute Gasteiger partial charge is 0.270 e. The molecule has 0 saturated carbocycles. The predicted molar refractivity (Wildman–Crippen MR) is 89.1 cm³/mol. The summed E-state index contributed by atoms with van der Waals surface area (Å²) < 4.78 is 0. The Bertz CT molecular complexity index is 835. The Hall–Kier alpha value is -2.69. The molecule has 0 aromatic carbocycles. The lowest BCUT2D eigenvalue weighted by atomic mass is 10.1. The van der Waals surface area contributed by atoms with E-state index in [4.69, 9.17) is 0 Å². The fourth-order valence-electron chi connectivity index (χ4n) is 3.07. The number of amides is 1. The summed E-state index contributed by atoms with van der Waals surface area (Å²) in [6.45, 7) is 1.70. The molecule has 1 aliphatic rings. The molecule has 4 heterocycles. The first-order valence-electron chi connectivity index (χ1n) is 8.01. The maximum Gasteiger partial charge on any atom is 0.270 e. The number of hydrogen-bond donors (Lipinski definition) is 1. The van der Waals surface area contributed by atoms with Crippen molar-refractivity contribution in [3.05, 3.63) is 48.4 Å². The zero-order chi connectivity index (χ0) is 15.6. The number of pyridine rings is 2. The fraction of sp³-hybridized carbons (Fsp3) is 0.278. The third-order valence-corrected chi connectivity index (χ3v) is 4.32. The number of nitrogens with zero attached hydrogens (tertiary/aromatic N) is 3. The van der Waals surface area contributed by atoms with E-state index in [0.717, 1.165) is 48.2 Å². The summed E-state index contributed by atoms with van der Waals surface area (Å²) in [6, 6.07) is 9.66. The van der Waals surface area contributed by atoms with Gasteiger partial charge in [0.25, 0.3) is 5.91 Å². The van der Waals surface area contributed by atoms with E-state index < -0.39 is 0 Å². The Balaban J connectivity index is 1.66. The first kappa shape index (κ1) is 13.9. The van der Waals surface area contributed by atoms with Crippen molar-refractivity contribution >= 4 is 16.9 Å². The van der Waals surface area contributed by atoms with Gasteiger partial charge in [-0.1, -0.05) is 0 Å². The van der Waals surface area contributed by atoms with Gasteiger partial charge in [0.15, 0.2) is 0 Å². The number of hydrogen-bond acceptors (Lipinski definition) is 3. The van der Waals surface area contributed by atoms with E-state index in [1.54, 1.807) is 12.4 Å². The molecule has 23 heavy (non-hydrogen) atoms. The predicted octanol–water partition coefficient (Wildman–Crippen LogP) is 3.25. The number of likely N-dealkylation sites (tertiary alicyclic amines) is 1. The number of rotatable bonds is 2. The number of aromatic nitrogens is 3. The lowest BCUT2D eigenvalue weighted by Gasteiger charge is -2.26. The molecule has 0 aliphatic carbocycles. The van der Waals surface area contributed by atoms with Crippen molar-refractivity contribution in [1.82, 2.24) is 19.9 Å². The van der Waals surface area contributed by atoms with Crippen molar-refractivity contribution in [3.63, 3.8) is 0 Å². The van der Waals surface area contributed by atoms with E-state index in [0.29, 0.717) is 5.69 Å². The first-order chi connectivity index (χ1) is 11.3. The van der Waals surface area contributed by atoms with Gasteiger partial charge in [0, 0.05) is 31.0 Å². The highest BCUT2D eigenvalue weighted by molar-refractivity contribution is 5.97. The van der Waals surface area contributed by atoms with Gasteiger partial charge in [0.05, 0.1) is 16.7 Å². The maximum atomic E-state index is 12.6. The molecule has 5 heteroatoms. The average Bonchev–Trinajstić information content (AvgIpc) is 3.06. The van der Waals surface area contributed by atoms with Crippen LogP contribution in [0.3, 0.4) is 0 Å². The second-order valence-electron chi connectivity index (χ2n) is 5.90. The largest absolute Gasteiger partial charge is 0.349 e. The van der Waals surface area contributed by atoms with Gasteiger partial charge in [-0.2, -0.15) is 0 Å². The molecule has 3 aromatic heterocycles. The highest BCUT2D eigenvalue weighted by Gasteiger charge is 2.20. The number of H-pyrrole nitrogens is 1. The topological polar surface area (TPSA) is 61.9 Å². The minimum Gasteiger partial charge on any atom is -0.349 e. The van der Waals surface area contributed by atoms with Gasteiger partial charge >= 0.3 is 0 Å². The van der Waals surface area contributed by atoms with Gasteiger partial charge < -0.3 is 9.88 Å². The molecule has 1 aliphatic heterocycles. The van der Waals surface area contributed by atoms with Gasteiger partial charge in [-0.15, -0.1) is 0 Å². The van der Waals surface area contributed by atoms with E-state index in [-0.39, 0.29) is 5.91 Å². The number of nitrogens with one attached hydrogen (secondary N) is 1. The van der Waals surface area contributed by atoms with Crippen molar-refractivity contribution in [3.8, 4) is 11.3 Å². The number of carbonyl (C=O) groups is 1. The standard InChI is InChI=1S/C18H18N4O/c23-18(22-10-2-1-3-11-22)17-12-16-15(21-17)5-4-14(20-16)13-6-8-19-9-7-13/h4-9,12,21H,1-3,10-11H2. The molecule has 1 fully saturated rings. The number of carbonyl (C=O) groups excluding carboxylic acids is 1. The Morgan fingerprint density at radius 2 is 1.83 bits per heavy atom. The van der Waals surface area contributed by atoms with E-state index in [1.165, 1.54) is 6.42 Å². The highest BCUT2D eigenvalue weighted by Crippen LogP contribution is 2.22. The van der Waals surface area contributed by atoms with Crippen molar-refractivity contribution in [2.24, 2.45) is 0 Å². The first-order valence-corrected chi connectivity index (χ1v) is 8.01.